The Morgan fingerprint density at radius 1 is 1.17 bits per heavy atom. The summed E-state index contributed by atoms with van der Waals surface area (Å²) in [6.07, 6.45) is 8.32. The molecular formula is C16H20N6O. The predicted molar refractivity (Wildman–Crippen MR) is 86.1 cm³/mol. The maximum atomic E-state index is 12.9. The molecule has 1 amide bonds. The van der Waals surface area contributed by atoms with E-state index >= 15 is 0 Å². The summed E-state index contributed by atoms with van der Waals surface area (Å²) < 4.78 is 1.73. The number of carbonyl (C=O) groups is 1. The zero-order chi connectivity index (χ0) is 16.0. The standard InChI is InChI=1S/C16H20N6O/c1-11-5-17-16(18-6-11)21-8-12-3-4-22(15(23)14(12)10-21)13-7-19-20(2)9-13/h5-7,9,12,14H,3-4,8,10H2,1-2H3/t12-,14+/m1/s1. The van der Waals surface area contributed by atoms with Gasteiger partial charge in [0.05, 0.1) is 17.8 Å². The Hall–Kier alpha value is -2.44. The third-order valence-electron chi connectivity index (χ3n) is 4.80. The summed E-state index contributed by atoms with van der Waals surface area (Å²) in [5, 5.41) is 4.17. The Morgan fingerprint density at radius 3 is 2.65 bits per heavy atom. The van der Waals surface area contributed by atoms with Gasteiger partial charge in [-0.05, 0) is 24.8 Å². The molecule has 4 heterocycles. The van der Waals surface area contributed by atoms with E-state index in [2.05, 4.69) is 20.0 Å². The first-order valence-corrected chi connectivity index (χ1v) is 7.95. The zero-order valence-corrected chi connectivity index (χ0v) is 13.4. The summed E-state index contributed by atoms with van der Waals surface area (Å²) in [6.45, 7) is 4.29. The van der Waals surface area contributed by atoms with Crippen LogP contribution in [0, 0.1) is 18.8 Å². The molecule has 2 aliphatic heterocycles. The Kier molecular flexibility index (Phi) is 3.28. The molecular weight excluding hydrogens is 292 g/mol. The number of hydrogen-bond donors (Lipinski definition) is 0. The van der Waals surface area contributed by atoms with Crippen LogP contribution in [0.25, 0.3) is 0 Å². The average Bonchev–Trinajstić information content (AvgIpc) is 3.15. The van der Waals surface area contributed by atoms with Crippen LogP contribution in [0.1, 0.15) is 12.0 Å². The summed E-state index contributed by atoms with van der Waals surface area (Å²) in [4.78, 5) is 25.7. The van der Waals surface area contributed by atoms with Crippen LogP contribution in [-0.2, 0) is 11.8 Å². The van der Waals surface area contributed by atoms with Gasteiger partial charge in [-0.3, -0.25) is 9.48 Å². The third kappa shape index (κ3) is 2.46. The average molecular weight is 312 g/mol. The summed E-state index contributed by atoms with van der Waals surface area (Å²) in [5.41, 5.74) is 1.94. The number of fused-ring (bicyclic) bond motifs is 1. The van der Waals surface area contributed by atoms with Crippen molar-refractivity contribution in [1.82, 2.24) is 19.7 Å². The molecule has 2 saturated heterocycles. The molecule has 2 aromatic rings. The van der Waals surface area contributed by atoms with E-state index in [1.807, 2.05) is 37.5 Å². The number of hydrogen-bond acceptors (Lipinski definition) is 5. The quantitative estimate of drug-likeness (QED) is 0.828. The van der Waals surface area contributed by atoms with Crippen LogP contribution in [0.4, 0.5) is 11.6 Å². The largest absolute Gasteiger partial charge is 0.340 e. The SMILES string of the molecule is Cc1cnc(N2C[C@H]3CCN(c4cnn(C)c4)C(=O)[C@H]3C2)nc1. The molecule has 7 heteroatoms. The van der Waals surface area contributed by atoms with Crippen molar-refractivity contribution in [3.8, 4) is 0 Å². The van der Waals surface area contributed by atoms with Crippen molar-refractivity contribution >= 4 is 17.5 Å². The van der Waals surface area contributed by atoms with Crippen LogP contribution in [0.2, 0.25) is 0 Å². The number of nitrogens with zero attached hydrogens (tertiary/aromatic N) is 6. The number of aryl methyl sites for hydroxylation is 2. The van der Waals surface area contributed by atoms with Crippen LogP contribution >= 0.6 is 0 Å². The van der Waals surface area contributed by atoms with Crippen molar-refractivity contribution in [1.29, 1.82) is 0 Å². The topological polar surface area (TPSA) is 67.2 Å². The molecule has 2 fully saturated rings. The summed E-state index contributed by atoms with van der Waals surface area (Å²) >= 11 is 0. The molecule has 0 aliphatic carbocycles. The lowest BCUT2D eigenvalue weighted by Gasteiger charge is -2.32. The van der Waals surface area contributed by atoms with E-state index in [-0.39, 0.29) is 11.8 Å². The van der Waals surface area contributed by atoms with Crippen molar-refractivity contribution < 1.29 is 4.79 Å². The van der Waals surface area contributed by atoms with E-state index < -0.39 is 0 Å². The number of aromatic nitrogens is 4. The highest BCUT2D eigenvalue weighted by Gasteiger charge is 2.44. The number of amides is 1. The minimum atomic E-state index is 0.0221. The van der Waals surface area contributed by atoms with Gasteiger partial charge in [0.2, 0.25) is 11.9 Å². The fourth-order valence-corrected chi connectivity index (χ4v) is 3.57. The number of anilines is 2. The molecule has 2 aliphatic rings. The molecule has 23 heavy (non-hydrogen) atoms. The van der Waals surface area contributed by atoms with Gasteiger partial charge in [-0.25, -0.2) is 9.97 Å². The van der Waals surface area contributed by atoms with E-state index in [9.17, 15) is 4.79 Å². The van der Waals surface area contributed by atoms with Gasteiger partial charge in [0.15, 0.2) is 0 Å². The molecule has 4 rings (SSSR count). The van der Waals surface area contributed by atoms with Crippen molar-refractivity contribution in [2.75, 3.05) is 29.4 Å². The molecule has 0 radical (unpaired) electrons. The monoisotopic (exact) mass is 312 g/mol. The molecule has 120 valence electrons. The molecule has 0 spiro atoms. The summed E-state index contributed by atoms with van der Waals surface area (Å²) in [5.74, 6) is 1.34. The summed E-state index contributed by atoms with van der Waals surface area (Å²) in [6, 6.07) is 0. The van der Waals surface area contributed by atoms with Crippen LogP contribution in [0.15, 0.2) is 24.8 Å². The van der Waals surface area contributed by atoms with E-state index in [4.69, 9.17) is 0 Å². The van der Waals surface area contributed by atoms with Crippen LogP contribution in [0.5, 0.6) is 0 Å². The highest BCUT2D eigenvalue weighted by Crippen LogP contribution is 2.35. The van der Waals surface area contributed by atoms with Gasteiger partial charge in [0.1, 0.15) is 0 Å². The summed E-state index contributed by atoms with van der Waals surface area (Å²) in [7, 11) is 1.87. The predicted octanol–water partition coefficient (Wildman–Crippen LogP) is 1.01. The van der Waals surface area contributed by atoms with Crippen molar-refractivity contribution in [2.24, 2.45) is 18.9 Å². The Morgan fingerprint density at radius 2 is 1.96 bits per heavy atom. The van der Waals surface area contributed by atoms with E-state index in [0.717, 1.165) is 36.7 Å². The molecule has 2 aromatic heterocycles. The maximum absolute atomic E-state index is 12.9. The van der Waals surface area contributed by atoms with E-state index in [1.165, 1.54) is 0 Å². The first-order valence-electron chi connectivity index (χ1n) is 7.95. The van der Waals surface area contributed by atoms with E-state index in [0.29, 0.717) is 12.5 Å². The lowest BCUT2D eigenvalue weighted by atomic mass is 9.88. The number of piperidine rings is 1. The van der Waals surface area contributed by atoms with Crippen molar-refractivity contribution in [2.45, 2.75) is 13.3 Å². The maximum Gasteiger partial charge on any atom is 0.232 e. The Balaban J connectivity index is 1.53. The second kappa shape index (κ2) is 5.33. The van der Waals surface area contributed by atoms with Crippen LogP contribution < -0.4 is 9.80 Å². The van der Waals surface area contributed by atoms with Gasteiger partial charge in [0, 0.05) is 45.3 Å². The van der Waals surface area contributed by atoms with Gasteiger partial charge < -0.3 is 9.80 Å². The fraction of sp³-hybridized carbons (Fsp3) is 0.500. The zero-order valence-electron chi connectivity index (χ0n) is 13.4. The fourth-order valence-electron chi connectivity index (χ4n) is 3.57. The Bertz CT molecular complexity index is 724. The number of rotatable bonds is 2. The minimum absolute atomic E-state index is 0.0221. The second-order valence-electron chi connectivity index (χ2n) is 6.48. The molecule has 7 nitrogen and oxygen atoms in total. The normalized spacial score (nSPS) is 24.2. The highest BCUT2D eigenvalue weighted by molar-refractivity contribution is 5.96. The molecule has 0 saturated carbocycles. The van der Waals surface area contributed by atoms with Gasteiger partial charge in [-0.15, -0.1) is 0 Å². The minimum Gasteiger partial charge on any atom is -0.340 e. The molecule has 0 N–H and O–H groups in total. The van der Waals surface area contributed by atoms with Crippen LogP contribution in [0.3, 0.4) is 0 Å². The molecule has 0 aromatic carbocycles. The highest BCUT2D eigenvalue weighted by atomic mass is 16.2. The molecule has 2 atom stereocenters. The lowest BCUT2D eigenvalue weighted by molar-refractivity contribution is -0.124. The second-order valence-corrected chi connectivity index (χ2v) is 6.48. The van der Waals surface area contributed by atoms with E-state index in [1.54, 1.807) is 10.9 Å². The first-order chi connectivity index (χ1) is 11.1. The first kappa shape index (κ1) is 14.2. The Labute approximate surface area is 134 Å². The van der Waals surface area contributed by atoms with Crippen LogP contribution in [-0.4, -0.2) is 45.3 Å². The molecule has 0 bridgehead atoms. The van der Waals surface area contributed by atoms with Gasteiger partial charge >= 0.3 is 0 Å². The number of carbonyl (C=O) groups excluding carboxylic acids is 1. The van der Waals surface area contributed by atoms with Crippen molar-refractivity contribution in [3.05, 3.63) is 30.4 Å². The molecule has 0 unspecified atom stereocenters. The smallest absolute Gasteiger partial charge is 0.232 e. The van der Waals surface area contributed by atoms with Crippen molar-refractivity contribution in [3.63, 3.8) is 0 Å². The third-order valence-corrected chi connectivity index (χ3v) is 4.80. The lowest BCUT2D eigenvalue weighted by Crippen LogP contribution is -2.45. The van der Waals surface area contributed by atoms with Gasteiger partial charge in [-0.1, -0.05) is 0 Å². The van der Waals surface area contributed by atoms with Gasteiger partial charge in [0.25, 0.3) is 0 Å². The van der Waals surface area contributed by atoms with Gasteiger partial charge in [-0.2, -0.15) is 5.10 Å².